The van der Waals surface area contributed by atoms with Gasteiger partial charge < -0.3 is 5.32 Å². The normalized spacial score (nSPS) is 10.1. The van der Waals surface area contributed by atoms with E-state index in [9.17, 15) is 0 Å². The number of halogens is 2. The Labute approximate surface area is 103 Å². The van der Waals surface area contributed by atoms with Gasteiger partial charge in [0.05, 0.1) is 21.8 Å². The minimum absolute atomic E-state index is 0.458. The Bertz CT molecular complexity index is 602. The summed E-state index contributed by atoms with van der Waals surface area (Å²) in [6, 6.07) is 5.41. The number of nitriles is 1. The predicted octanol–water partition coefficient (Wildman–Crippen LogP) is 3.45. The van der Waals surface area contributed by atoms with Gasteiger partial charge in [-0.1, -0.05) is 23.2 Å². The number of benzene rings is 1. The summed E-state index contributed by atoms with van der Waals surface area (Å²) in [5, 5.41) is 13.6. The highest BCUT2D eigenvalue weighted by Gasteiger charge is 2.11. The van der Waals surface area contributed by atoms with Gasteiger partial charge in [-0.25, -0.2) is 0 Å². The fraction of sp³-hybridized carbons (Fsp3) is 0.0909. The molecule has 0 bridgehead atoms. The minimum Gasteiger partial charge on any atom is -0.386 e. The molecule has 0 aliphatic heterocycles. The molecular weight excluding hydrogens is 245 g/mol. The largest absolute Gasteiger partial charge is 0.386 e. The quantitative estimate of drug-likeness (QED) is 0.845. The average molecular weight is 252 g/mol. The van der Waals surface area contributed by atoms with Crippen LogP contribution in [0.25, 0.3) is 10.9 Å². The second-order valence-corrected chi connectivity index (χ2v) is 4.03. The molecule has 0 atom stereocenters. The van der Waals surface area contributed by atoms with Crippen LogP contribution in [0.15, 0.2) is 18.3 Å². The Kier molecular flexibility index (Phi) is 2.86. The molecule has 0 spiro atoms. The van der Waals surface area contributed by atoms with Crippen molar-refractivity contribution in [1.82, 2.24) is 4.98 Å². The maximum atomic E-state index is 8.96. The molecule has 1 N–H and O–H groups in total. The number of anilines is 1. The van der Waals surface area contributed by atoms with Crippen molar-refractivity contribution in [3.63, 3.8) is 0 Å². The van der Waals surface area contributed by atoms with Crippen LogP contribution < -0.4 is 5.32 Å². The van der Waals surface area contributed by atoms with Gasteiger partial charge in [-0.3, -0.25) is 4.98 Å². The van der Waals surface area contributed by atoms with Crippen LogP contribution in [0, 0.1) is 11.3 Å². The lowest BCUT2D eigenvalue weighted by atomic mass is 10.1. The first-order chi connectivity index (χ1) is 7.67. The van der Waals surface area contributed by atoms with E-state index >= 15 is 0 Å². The lowest BCUT2D eigenvalue weighted by Crippen LogP contribution is -1.96. The lowest BCUT2D eigenvalue weighted by Gasteiger charge is -2.09. The van der Waals surface area contributed by atoms with Crippen molar-refractivity contribution in [3.05, 3.63) is 33.9 Å². The fourth-order valence-corrected chi connectivity index (χ4v) is 2.16. The molecule has 0 amide bonds. The molecule has 2 rings (SSSR count). The molecule has 3 nitrogen and oxygen atoms in total. The van der Waals surface area contributed by atoms with Crippen LogP contribution >= 0.6 is 23.2 Å². The van der Waals surface area contributed by atoms with E-state index < -0.39 is 0 Å². The third-order valence-electron chi connectivity index (χ3n) is 2.26. The van der Waals surface area contributed by atoms with Crippen molar-refractivity contribution in [1.29, 1.82) is 5.26 Å². The first kappa shape index (κ1) is 11.0. The topological polar surface area (TPSA) is 48.7 Å². The van der Waals surface area contributed by atoms with Crippen LogP contribution in [0.2, 0.25) is 10.0 Å². The van der Waals surface area contributed by atoms with E-state index in [0.29, 0.717) is 32.2 Å². The van der Waals surface area contributed by atoms with Crippen LogP contribution in [0.4, 0.5) is 5.69 Å². The third kappa shape index (κ3) is 1.67. The molecule has 5 heteroatoms. The second kappa shape index (κ2) is 4.17. The predicted molar refractivity (Wildman–Crippen MR) is 66.0 cm³/mol. The van der Waals surface area contributed by atoms with Gasteiger partial charge in [0.1, 0.15) is 6.07 Å². The van der Waals surface area contributed by atoms with E-state index in [4.69, 9.17) is 28.5 Å². The zero-order chi connectivity index (χ0) is 11.7. The lowest BCUT2D eigenvalue weighted by molar-refractivity contribution is 1.35. The van der Waals surface area contributed by atoms with Gasteiger partial charge in [0.15, 0.2) is 0 Å². The molecule has 0 aliphatic carbocycles. The zero-order valence-corrected chi connectivity index (χ0v) is 9.89. The highest BCUT2D eigenvalue weighted by Crippen LogP contribution is 2.33. The minimum atomic E-state index is 0.458. The maximum Gasteiger partial charge on any atom is 0.103 e. The van der Waals surface area contributed by atoms with Crippen molar-refractivity contribution in [2.24, 2.45) is 0 Å². The summed E-state index contributed by atoms with van der Waals surface area (Å²) in [6.45, 7) is 0. The smallest absolute Gasteiger partial charge is 0.103 e. The third-order valence-corrected chi connectivity index (χ3v) is 2.77. The van der Waals surface area contributed by atoms with Crippen LogP contribution in [0.5, 0.6) is 0 Å². The van der Waals surface area contributed by atoms with Crippen LogP contribution in [0.1, 0.15) is 5.56 Å². The molecule has 1 aromatic carbocycles. The number of pyridine rings is 1. The highest BCUT2D eigenvalue weighted by molar-refractivity contribution is 6.39. The van der Waals surface area contributed by atoms with Gasteiger partial charge in [-0.05, 0) is 12.1 Å². The summed E-state index contributed by atoms with van der Waals surface area (Å²) in [5.74, 6) is 0. The highest BCUT2D eigenvalue weighted by atomic mass is 35.5. The molecule has 0 radical (unpaired) electrons. The molecule has 1 aromatic heterocycles. The first-order valence-electron chi connectivity index (χ1n) is 4.53. The van der Waals surface area contributed by atoms with Crippen LogP contribution in [-0.2, 0) is 0 Å². The number of hydrogen-bond acceptors (Lipinski definition) is 3. The Morgan fingerprint density at radius 2 is 2.12 bits per heavy atom. The Morgan fingerprint density at radius 3 is 2.75 bits per heavy atom. The van der Waals surface area contributed by atoms with Gasteiger partial charge in [0.25, 0.3) is 0 Å². The van der Waals surface area contributed by atoms with Gasteiger partial charge in [0, 0.05) is 23.7 Å². The first-order valence-corrected chi connectivity index (χ1v) is 5.28. The number of nitrogens with zero attached hydrogens (tertiary/aromatic N) is 2. The molecule has 0 saturated heterocycles. The van der Waals surface area contributed by atoms with Gasteiger partial charge in [-0.2, -0.15) is 5.26 Å². The van der Waals surface area contributed by atoms with E-state index in [1.54, 1.807) is 19.2 Å². The van der Waals surface area contributed by atoms with E-state index in [2.05, 4.69) is 16.4 Å². The standard InChI is InChI=1S/C11H7Cl2N3/c1-15-11-6(4-14)5-16-9-3-7(12)2-8(13)10(9)11/h2-3,5H,1H3,(H,15,16). The summed E-state index contributed by atoms with van der Waals surface area (Å²) in [4.78, 5) is 4.15. The van der Waals surface area contributed by atoms with Crippen LogP contribution in [0.3, 0.4) is 0 Å². The number of hydrogen-bond donors (Lipinski definition) is 1. The molecule has 80 valence electrons. The van der Waals surface area contributed by atoms with Gasteiger partial charge in [-0.15, -0.1) is 0 Å². The van der Waals surface area contributed by atoms with Crippen molar-refractivity contribution >= 4 is 39.8 Å². The van der Waals surface area contributed by atoms with Crippen molar-refractivity contribution in [2.75, 3.05) is 12.4 Å². The summed E-state index contributed by atoms with van der Waals surface area (Å²) >= 11 is 12.0. The molecule has 2 aromatic rings. The Morgan fingerprint density at radius 1 is 1.38 bits per heavy atom. The average Bonchev–Trinajstić information content (AvgIpc) is 2.27. The van der Waals surface area contributed by atoms with Crippen molar-refractivity contribution < 1.29 is 0 Å². The number of fused-ring (bicyclic) bond motifs is 1. The summed E-state index contributed by atoms with van der Waals surface area (Å²) in [6.07, 6.45) is 1.50. The number of nitrogens with one attached hydrogen (secondary N) is 1. The molecule has 0 fully saturated rings. The van der Waals surface area contributed by atoms with Crippen molar-refractivity contribution in [2.45, 2.75) is 0 Å². The maximum absolute atomic E-state index is 8.96. The molecule has 1 heterocycles. The molecular formula is C11H7Cl2N3. The molecule has 0 unspecified atom stereocenters. The summed E-state index contributed by atoms with van der Waals surface area (Å²) in [7, 11) is 1.74. The van der Waals surface area contributed by atoms with E-state index in [-0.39, 0.29) is 0 Å². The zero-order valence-electron chi connectivity index (χ0n) is 8.38. The van der Waals surface area contributed by atoms with Gasteiger partial charge in [0.2, 0.25) is 0 Å². The Balaban J connectivity index is 2.93. The van der Waals surface area contributed by atoms with E-state index in [1.807, 2.05) is 0 Å². The monoisotopic (exact) mass is 251 g/mol. The van der Waals surface area contributed by atoms with E-state index in [0.717, 1.165) is 0 Å². The SMILES string of the molecule is CNc1c(C#N)cnc2cc(Cl)cc(Cl)c12. The number of aromatic nitrogens is 1. The molecule has 0 saturated carbocycles. The fourth-order valence-electron chi connectivity index (χ4n) is 1.59. The molecule has 16 heavy (non-hydrogen) atoms. The summed E-state index contributed by atoms with van der Waals surface area (Å²) < 4.78 is 0. The van der Waals surface area contributed by atoms with E-state index in [1.165, 1.54) is 6.20 Å². The molecule has 0 aliphatic rings. The van der Waals surface area contributed by atoms with Gasteiger partial charge >= 0.3 is 0 Å². The summed E-state index contributed by atoms with van der Waals surface area (Å²) in [5.41, 5.74) is 1.80. The Hall–Kier alpha value is -1.50. The van der Waals surface area contributed by atoms with Crippen LogP contribution in [-0.4, -0.2) is 12.0 Å². The second-order valence-electron chi connectivity index (χ2n) is 3.19. The number of rotatable bonds is 1. The van der Waals surface area contributed by atoms with Crippen molar-refractivity contribution in [3.8, 4) is 6.07 Å².